The van der Waals surface area contributed by atoms with Crippen molar-refractivity contribution in [2.24, 2.45) is 0 Å². The Balaban J connectivity index is 2.36. The first kappa shape index (κ1) is 23.2. The van der Waals surface area contributed by atoms with Gasteiger partial charge < -0.3 is 9.84 Å². The van der Waals surface area contributed by atoms with Crippen LogP contribution in [-0.2, 0) is 20.7 Å². The van der Waals surface area contributed by atoms with Gasteiger partial charge >= 0.3 is 11.9 Å². The van der Waals surface area contributed by atoms with Crippen molar-refractivity contribution >= 4 is 11.9 Å². The summed E-state index contributed by atoms with van der Waals surface area (Å²) in [6.45, 7) is 2.23. The lowest BCUT2D eigenvalue weighted by Crippen LogP contribution is -2.21. The Morgan fingerprint density at radius 3 is 2.19 bits per heavy atom. The van der Waals surface area contributed by atoms with Crippen molar-refractivity contribution in [3.63, 3.8) is 0 Å². The number of unbranched alkanes of at least 4 members (excludes halogenated alkanes) is 7. The molecule has 0 spiro atoms. The number of hydrogen-bond donors (Lipinski definition) is 1. The summed E-state index contributed by atoms with van der Waals surface area (Å²) in [5.41, 5.74) is 1.18. The summed E-state index contributed by atoms with van der Waals surface area (Å²) >= 11 is 0. The van der Waals surface area contributed by atoms with Gasteiger partial charge in [0.2, 0.25) is 0 Å². The van der Waals surface area contributed by atoms with E-state index in [1.807, 2.05) is 18.2 Å². The normalized spacial score (nSPS) is 11.9. The molecule has 0 saturated carbocycles. The first-order valence-electron chi connectivity index (χ1n) is 10.6. The van der Waals surface area contributed by atoms with Gasteiger partial charge in [-0.3, -0.25) is 9.59 Å². The predicted molar refractivity (Wildman–Crippen MR) is 109 cm³/mol. The van der Waals surface area contributed by atoms with E-state index in [1.165, 1.54) is 44.1 Å². The molecule has 0 saturated heterocycles. The van der Waals surface area contributed by atoms with Crippen LogP contribution in [0.15, 0.2) is 30.3 Å². The van der Waals surface area contributed by atoms with E-state index in [4.69, 9.17) is 9.84 Å². The molecule has 0 bridgehead atoms. The van der Waals surface area contributed by atoms with Gasteiger partial charge in [-0.25, -0.2) is 0 Å². The van der Waals surface area contributed by atoms with Gasteiger partial charge in [-0.1, -0.05) is 75.8 Å². The van der Waals surface area contributed by atoms with E-state index in [-0.39, 0.29) is 18.5 Å². The molecule has 4 nitrogen and oxygen atoms in total. The Morgan fingerprint density at radius 1 is 0.889 bits per heavy atom. The second-order valence-corrected chi connectivity index (χ2v) is 7.31. The maximum Gasteiger partial charge on any atom is 0.306 e. The molecule has 27 heavy (non-hydrogen) atoms. The summed E-state index contributed by atoms with van der Waals surface area (Å²) in [4.78, 5) is 22.7. The molecule has 0 heterocycles. The van der Waals surface area contributed by atoms with Crippen LogP contribution in [-0.4, -0.2) is 23.1 Å². The lowest BCUT2D eigenvalue weighted by Gasteiger charge is -2.18. The van der Waals surface area contributed by atoms with Crippen molar-refractivity contribution in [1.29, 1.82) is 0 Å². The molecule has 1 rings (SSSR count). The predicted octanol–water partition coefficient (Wildman–Crippen LogP) is 5.93. The minimum atomic E-state index is -0.816. The van der Waals surface area contributed by atoms with Crippen molar-refractivity contribution < 1.29 is 19.4 Å². The Kier molecular flexibility index (Phi) is 13.1. The molecule has 4 heteroatoms. The summed E-state index contributed by atoms with van der Waals surface area (Å²) in [5.74, 6) is -1.02. The van der Waals surface area contributed by atoms with Gasteiger partial charge in [0.15, 0.2) is 0 Å². The van der Waals surface area contributed by atoms with Crippen LogP contribution in [0.3, 0.4) is 0 Å². The topological polar surface area (TPSA) is 63.6 Å². The zero-order chi connectivity index (χ0) is 19.7. The third-order valence-corrected chi connectivity index (χ3v) is 4.76. The van der Waals surface area contributed by atoms with Crippen LogP contribution in [0.1, 0.15) is 89.5 Å². The molecule has 0 fully saturated rings. The first-order valence-corrected chi connectivity index (χ1v) is 10.6. The fourth-order valence-corrected chi connectivity index (χ4v) is 3.20. The highest BCUT2D eigenvalue weighted by molar-refractivity contribution is 5.70. The van der Waals surface area contributed by atoms with Gasteiger partial charge in [0, 0.05) is 19.3 Å². The molecule has 0 aliphatic carbocycles. The van der Waals surface area contributed by atoms with Crippen LogP contribution in [0.25, 0.3) is 0 Å². The van der Waals surface area contributed by atoms with Gasteiger partial charge in [-0.2, -0.15) is 0 Å². The van der Waals surface area contributed by atoms with E-state index in [9.17, 15) is 9.59 Å². The number of carbonyl (C=O) groups excluding carboxylic acids is 1. The molecule has 1 unspecified atom stereocenters. The Bertz CT molecular complexity index is 512. The number of esters is 1. The molecule has 0 radical (unpaired) electrons. The summed E-state index contributed by atoms with van der Waals surface area (Å²) in [6.07, 6.45) is 11.8. The van der Waals surface area contributed by atoms with Gasteiger partial charge in [-0.05, 0) is 31.2 Å². The molecule has 0 aliphatic heterocycles. The Morgan fingerprint density at radius 2 is 1.52 bits per heavy atom. The molecular weight excluding hydrogens is 340 g/mol. The van der Waals surface area contributed by atoms with E-state index in [2.05, 4.69) is 19.1 Å². The molecule has 0 aliphatic rings. The quantitative estimate of drug-likeness (QED) is 0.287. The number of carboxylic acids is 1. The Hall–Kier alpha value is -1.84. The van der Waals surface area contributed by atoms with Crippen LogP contribution in [0.4, 0.5) is 0 Å². The maximum absolute atomic E-state index is 12.1. The summed E-state index contributed by atoms with van der Waals surface area (Å²) in [5, 5.41) is 8.66. The lowest BCUT2D eigenvalue weighted by molar-refractivity contribution is -0.149. The smallest absolute Gasteiger partial charge is 0.306 e. The van der Waals surface area contributed by atoms with Gasteiger partial charge in [0.1, 0.15) is 6.10 Å². The molecular formula is C23H36O4. The average Bonchev–Trinajstić information content (AvgIpc) is 2.65. The molecule has 1 N–H and O–H groups in total. The highest BCUT2D eigenvalue weighted by atomic mass is 16.5. The number of hydrogen-bond acceptors (Lipinski definition) is 3. The molecule has 1 atom stereocenters. The van der Waals surface area contributed by atoms with Crippen molar-refractivity contribution in [2.45, 2.75) is 96.5 Å². The van der Waals surface area contributed by atoms with E-state index in [1.54, 1.807) is 0 Å². The maximum atomic E-state index is 12.1. The van der Waals surface area contributed by atoms with Crippen LogP contribution < -0.4 is 0 Å². The average molecular weight is 377 g/mol. The number of benzene rings is 1. The molecule has 0 aromatic heterocycles. The molecule has 1 aromatic rings. The number of carbonyl (C=O) groups is 2. The molecule has 152 valence electrons. The van der Waals surface area contributed by atoms with Crippen LogP contribution >= 0.6 is 0 Å². The summed E-state index contributed by atoms with van der Waals surface area (Å²) in [6, 6.07) is 10.1. The number of carboxylic acid groups (broad SMARTS) is 1. The summed E-state index contributed by atoms with van der Waals surface area (Å²) < 4.78 is 5.72. The van der Waals surface area contributed by atoms with Gasteiger partial charge in [0.25, 0.3) is 0 Å². The minimum absolute atomic E-state index is 0.0879. The number of aliphatic carboxylic acids is 1. The van der Waals surface area contributed by atoms with E-state index < -0.39 is 5.97 Å². The van der Waals surface area contributed by atoms with Crippen molar-refractivity contribution in [3.05, 3.63) is 35.9 Å². The number of rotatable bonds is 16. The second kappa shape index (κ2) is 15.2. The van der Waals surface area contributed by atoms with E-state index in [0.29, 0.717) is 19.3 Å². The number of ether oxygens (including phenoxy) is 1. The van der Waals surface area contributed by atoms with E-state index >= 15 is 0 Å². The fraction of sp³-hybridized carbons (Fsp3) is 0.652. The van der Waals surface area contributed by atoms with Gasteiger partial charge in [0.05, 0.1) is 0 Å². The SMILES string of the molecule is CCCCCCCCCC(Cc1ccccc1)OC(=O)CCCCC(=O)O. The first-order chi connectivity index (χ1) is 13.1. The third-order valence-electron chi connectivity index (χ3n) is 4.76. The zero-order valence-electron chi connectivity index (χ0n) is 16.8. The van der Waals surface area contributed by atoms with Crippen molar-refractivity contribution in [1.82, 2.24) is 0 Å². The second-order valence-electron chi connectivity index (χ2n) is 7.31. The van der Waals surface area contributed by atoms with Gasteiger partial charge in [-0.15, -0.1) is 0 Å². The van der Waals surface area contributed by atoms with Crippen LogP contribution in [0.5, 0.6) is 0 Å². The van der Waals surface area contributed by atoms with Crippen molar-refractivity contribution in [3.8, 4) is 0 Å². The monoisotopic (exact) mass is 376 g/mol. The molecule has 0 amide bonds. The van der Waals surface area contributed by atoms with Crippen molar-refractivity contribution in [2.75, 3.05) is 0 Å². The summed E-state index contributed by atoms with van der Waals surface area (Å²) in [7, 11) is 0. The highest BCUT2D eigenvalue weighted by Gasteiger charge is 2.15. The van der Waals surface area contributed by atoms with E-state index in [0.717, 1.165) is 19.3 Å². The fourth-order valence-electron chi connectivity index (χ4n) is 3.20. The highest BCUT2D eigenvalue weighted by Crippen LogP contribution is 2.16. The Labute approximate surface area is 164 Å². The largest absolute Gasteiger partial charge is 0.481 e. The third kappa shape index (κ3) is 13.0. The van der Waals surface area contributed by atoms with Crippen LogP contribution in [0, 0.1) is 0 Å². The standard InChI is InChI=1S/C23H36O4/c1-2-3-4-5-6-7-11-16-21(19-20-14-9-8-10-15-20)27-23(26)18-13-12-17-22(24)25/h8-10,14-15,21H,2-7,11-13,16-19H2,1H3,(H,24,25). The molecule has 1 aromatic carbocycles. The van der Waals surface area contributed by atoms with Crippen LogP contribution in [0.2, 0.25) is 0 Å². The minimum Gasteiger partial charge on any atom is -0.481 e. The lowest BCUT2D eigenvalue weighted by atomic mass is 10.0. The zero-order valence-corrected chi connectivity index (χ0v) is 16.8.